The quantitative estimate of drug-likeness (QED) is 0.602. The Bertz CT molecular complexity index is 330. The first-order valence-corrected chi connectivity index (χ1v) is 6.72. The first-order valence-electron chi connectivity index (χ1n) is 5.18. The molecule has 1 atom stereocenters. The maximum Gasteiger partial charge on any atom is 0.227 e. The molecule has 1 unspecified atom stereocenters. The Morgan fingerprint density at radius 1 is 1.47 bits per heavy atom. The fraction of sp³-hybridized carbons (Fsp3) is 0.889. The van der Waals surface area contributed by atoms with Crippen LogP contribution < -0.4 is 10.0 Å². The number of sulfonamides is 1. The maximum absolute atomic E-state index is 11.3. The van der Waals surface area contributed by atoms with Gasteiger partial charge in [-0.3, -0.25) is 0 Å². The molecule has 1 rings (SSSR count). The van der Waals surface area contributed by atoms with E-state index in [9.17, 15) is 8.42 Å². The van der Waals surface area contributed by atoms with E-state index in [1.165, 1.54) is 19.8 Å². The Morgan fingerprint density at radius 2 is 2.13 bits per heavy atom. The van der Waals surface area contributed by atoms with E-state index < -0.39 is 15.3 Å². The van der Waals surface area contributed by atoms with Crippen molar-refractivity contribution in [1.29, 1.82) is 5.26 Å². The monoisotopic (exact) mass is 231 g/mol. The molecule has 86 valence electrons. The zero-order valence-electron chi connectivity index (χ0n) is 8.86. The SMILES string of the molecule is CC(C#N)S(=O)(=O)NCCCNC1CC1. The van der Waals surface area contributed by atoms with Crippen molar-refractivity contribution in [2.75, 3.05) is 13.1 Å². The molecule has 0 aromatic rings. The minimum absolute atomic E-state index is 0.397. The van der Waals surface area contributed by atoms with Crippen molar-refractivity contribution < 1.29 is 8.42 Å². The Balaban J connectivity index is 2.10. The molecule has 0 spiro atoms. The van der Waals surface area contributed by atoms with Crippen LogP contribution in [0.2, 0.25) is 0 Å². The van der Waals surface area contributed by atoms with Crippen LogP contribution in [0.15, 0.2) is 0 Å². The lowest BCUT2D eigenvalue weighted by molar-refractivity contribution is 0.569. The van der Waals surface area contributed by atoms with Gasteiger partial charge in [0, 0.05) is 12.6 Å². The molecule has 0 heterocycles. The first-order chi connectivity index (χ1) is 7.06. The highest BCUT2D eigenvalue weighted by molar-refractivity contribution is 7.90. The van der Waals surface area contributed by atoms with Crippen LogP contribution in [0.4, 0.5) is 0 Å². The van der Waals surface area contributed by atoms with Crippen molar-refractivity contribution in [2.24, 2.45) is 0 Å². The van der Waals surface area contributed by atoms with Gasteiger partial charge in [-0.2, -0.15) is 5.26 Å². The zero-order chi connectivity index (χ0) is 11.3. The molecule has 2 N–H and O–H groups in total. The van der Waals surface area contributed by atoms with E-state index in [1.54, 1.807) is 6.07 Å². The average molecular weight is 231 g/mol. The van der Waals surface area contributed by atoms with E-state index in [0.29, 0.717) is 12.6 Å². The van der Waals surface area contributed by atoms with Crippen LogP contribution in [-0.2, 0) is 10.0 Å². The maximum atomic E-state index is 11.3. The predicted molar refractivity (Wildman–Crippen MR) is 57.6 cm³/mol. The van der Waals surface area contributed by atoms with E-state index in [-0.39, 0.29) is 0 Å². The van der Waals surface area contributed by atoms with Crippen LogP contribution in [-0.4, -0.2) is 32.8 Å². The molecule has 0 aromatic heterocycles. The molecule has 5 nitrogen and oxygen atoms in total. The summed E-state index contributed by atoms with van der Waals surface area (Å²) in [5.74, 6) is 0. The number of nitrogens with one attached hydrogen (secondary N) is 2. The van der Waals surface area contributed by atoms with Gasteiger partial charge in [0.1, 0.15) is 0 Å². The van der Waals surface area contributed by atoms with Crippen LogP contribution in [0, 0.1) is 11.3 Å². The van der Waals surface area contributed by atoms with Crippen LogP contribution in [0.25, 0.3) is 0 Å². The van der Waals surface area contributed by atoms with Gasteiger partial charge in [-0.05, 0) is 32.7 Å². The molecule has 0 radical (unpaired) electrons. The van der Waals surface area contributed by atoms with Gasteiger partial charge >= 0.3 is 0 Å². The highest BCUT2D eigenvalue weighted by Gasteiger charge is 2.20. The molecular formula is C9H17N3O2S. The summed E-state index contributed by atoms with van der Waals surface area (Å²) in [6, 6.07) is 2.36. The molecular weight excluding hydrogens is 214 g/mol. The molecule has 1 aliphatic rings. The van der Waals surface area contributed by atoms with Crippen molar-refractivity contribution in [3.8, 4) is 6.07 Å². The summed E-state index contributed by atoms with van der Waals surface area (Å²) in [6.07, 6.45) is 3.22. The van der Waals surface area contributed by atoms with Crippen molar-refractivity contribution >= 4 is 10.0 Å². The number of nitrogens with zero attached hydrogens (tertiary/aromatic N) is 1. The van der Waals surface area contributed by atoms with Gasteiger partial charge < -0.3 is 5.32 Å². The van der Waals surface area contributed by atoms with E-state index in [4.69, 9.17) is 5.26 Å². The topological polar surface area (TPSA) is 82.0 Å². The summed E-state index contributed by atoms with van der Waals surface area (Å²) in [4.78, 5) is 0. The van der Waals surface area contributed by atoms with Gasteiger partial charge in [-0.25, -0.2) is 13.1 Å². The number of hydrogen-bond acceptors (Lipinski definition) is 4. The highest BCUT2D eigenvalue weighted by atomic mass is 32.2. The zero-order valence-corrected chi connectivity index (χ0v) is 9.68. The van der Waals surface area contributed by atoms with E-state index in [1.807, 2.05) is 0 Å². The molecule has 0 bridgehead atoms. The second-order valence-electron chi connectivity index (χ2n) is 3.79. The normalized spacial score (nSPS) is 18.4. The number of hydrogen-bond donors (Lipinski definition) is 2. The van der Waals surface area contributed by atoms with E-state index in [0.717, 1.165) is 13.0 Å². The molecule has 15 heavy (non-hydrogen) atoms. The van der Waals surface area contributed by atoms with Gasteiger partial charge in [0.25, 0.3) is 0 Å². The van der Waals surface area contributed by atoms with Gasteiger partial charge in [0.05, 0.1) is 6.07 Å². The predicted octanol–water partition coefficient (Wildman–Crippen LogP) is -0.0400. The summed E-state index contributed by atoms with van der Waals surface area (Å²) in [5, 5.41) is 10.8. The minimum atomic E-state index is -3.43. The standard InChI is InChI=1S/C9H17N3O2S/c1-8(7-10)15(13,14)12-6-2-5-11-9-3-4-9/h8-9,11-12H,2-6H2,1H3. The van der Waals surface area contributed by atoms with E-state index in [2.05, 4.69) is 10.0 Å². The van der Waals surface area contributed by atoms with Crippen LogP contribution in [0.5, 0.6) is 0 Å². The largest absolute Gasteiger partial charge is 0.314 e. The summed E-state index contributed by atoms with van der Waals surface area (Å²) in [5.41, 5.74) is 0. The second kappa shape index (κ2) is 5.45. The highest BCUT2D eigenvalue weighted by Crippen LogP contribution is 2.18. The third kappa shape index (κ3) is 4.60. The molecule has 1 saturated carbocycles. The summed E-state index contributed by atoms with van der Waals surface area (Å²) < 4.78 is 25.0. The molecule has 6 heteroatoms. The lowest BCUT2D eigenvalue weighted by atomic mass is 10.4. The van der Waals surface area contributed by atoms with Crippen LogP contribution in [0.1, 0.15) is 26.2 Å². The first kappa shape index (κ1) is 12.4. The Hall–Kier alpha value is -0.640. The average Bonchev–Trinajstić information content (AvgIpc) is 2.99. The Morgan fingerprint density at radius 3 is 2.67 bits per heavy atom. The molecule has 1 fully saturated rings. The Kier molecular flexibility index (Phi) is 4.51. The van der Waals surface area contributed by atoms with Crippen LogP contribution >= 0.6 is 0 Å². The minimum Gasteiger partial charge on any atom is -0.314 e. The van der Waals surface area contributed by atoms with Crippen molar-refractivity contribution in [1.82, 2.24) is 10.0 Å². The van der Waals surface area contributed by atoms with Crippen molar-refractivity contribution in [2.45, 2.75) is 37.5 Å². The van der Waals surface area contributed by atoms with E-state index >= 15 is 0 Å². The fourth-order valence-corrected chi connectivity index (χ4v) is 1.91. The summed E-state index contributed by atoms with van der Waals surface area (Å²) in [6.45, 7) is 2.60. The Labute approximate surface area is 90.9 Å². The smallest absolute Gasteiger partial charge is 0.227 e. The molecule has 0 amide bonds. The molecule has 0 aromatic carbocycles. The second-order valence-corrected chi connectivity index (χ2v) is 5.88. The van der Waals surface area contributed by atoms with Gasteiger partial charge in [0.15, 0.2) is 5.25 Å². The number of nitriles is 1. The van der Waals surface area contributed by atoms with Gasteiger partial charge in [-0.15, -0.1) is 0 Å². The lowest BCUT2D eigenvalue weighted by Gasteiger charge is -2.07. The van der Waals surface area contributed by atoms with Crippen LogP contribution in [0.3, 0.4) is 0 Å². The van der Waals surface area contributed by atoms with Crippen molar-refractivity contribution in [3.05, 3.63) is 0 Å². The lowest BCUT2D eigenvalue weighted by Crippen LogP contribution is -2.33. The molecule has 0 saturated heterocycles. The van der Waals surface area contributed by atoms with Gasteiger partial charge in [-0.1, -0.05) is 0 Å². The van der Waals surface area contributed by atoms with Crippen molar-refractivity contribution in [3.63, 3.8) is 0 Å². The molecule has 0 aliphatic heterocycles. The summed E-state index contributed by atoms with van der Waals surface area (Å²) >= 11 is 0. The molecule has 1 aliphatic carbocycles. The third-order valence-electron chi connectivity index (χ3n) is 2.31. The van der Waals surface area contributed by atoms with Gasteiger partial charge in [0.2, 0.25) is 10.0 Å². The third-order valence-corrected chi connectivity index (χ3v) is 3.96. The summed E-state index contributed by atoms with van der Waals surface area (Å²) in [7, 11) is -3.43. The fourth-order valence-electron chi connectivity index (χ4n) is 1.09. The number of rotatable bonds is 7.